The third-order valence-corrected chi connectivity index (χ3v) is 4.61. The summed E-state index contributed by atoms with van der Waals surface area (Å²) in [5, 5.41) is 6.38. The second-order valence-electron chi connectivity index (χ2n) is 4.89. The molecule has 3 rings (SSSR count). The Morgan fingerprint density at radius 1 is 1.39 bits per heavy atom. The van der Waals surface area contributed by atoms with E-state index in [0.29, 0.717) is 11.8 Å². The molecule has 2 unspecified atom stereocenters. The van der Waals surface area contributed by atoms with Gasteiger partial charge in [0, 0.05) is 22.7 Å². The Morgan fingerprint density at radius 2 is 2.28 bits per heavy atom. The molecule has 1 saturated carbocycles. The zero-order valence-electron chi connectivity index (χ0n) is 10.1. The van der Waals surface area contributed by atoms with Crippen LogP contribution in [0.4, 0.5) is 11.4 Å². The quantitative estimate of drug-likeness (QED) is 0.763. The summed E-state index contributed by atoms with van der Waals surface area (Å²) in [5.74, 6) is 0.579. The van der Waals surface area contributed by atoms with Crippen LogP contribution in [0.15, 0.2) is 23.1 Å². The third kappa shape index (κ3) is 2.33. The van der Waals surface area contributed by atoms with Gasteiger partial charge in [0.15, 0.2) is 0 Å². The maximum atomic E-state index is 11.4. The molecule has 96 valence electrons. The molecule has 5 heteroatoms. The molecule has 4 nitrogen and oxygen atoms in total. The number of benzene rings is 1. The van der Waals surface area contributed by atoms with Crippen molar-refractivity contribution in [1.82, 2.24) is 0 Å². The van der Waals surface area contributed by atoms with Crippen molar-refractivity contribution in [2.24, 2.45) is 5.73 Å². The molecule has 1 aromatic carbocycles. The number of carbonyl (C=O) groups is 1. The first kappa shape index (κ1) is 11.9. The molecule has 0 spiro atoms. The second-order valence-corrected chi connectivity index (χ2v) is 5.91. The van der Waals surface area contributed by atoms with Crippen molar-refractivity contribution in [3.8, 4) is 0 Å². The Kier molecular flexibility index (Phi) is 3.18. The summed E-state index contributed by atoms with van der Waals surface area (Å²) in [7, 11) is 0. The summed E-state index contributed by atoms with van der Waals surface area (Å²) in [4.78, 5) is 12.5. The summed E-state index contributed by atoms with van der Waals surface area (Å²) in [6, 6.07) is 6.72. The van der Waals surface area contributed by atoms with E-state index in [1.54, 1.807) is 11.8 Å². The third-order valence-electron chi connectivity index (χ3n) is 3.53. The number of nitrogens with two attached hydrogens (primary N) is 1. The van der Waals surface area contributed by atoms with Crippen LogP contribution in [0.2, 0.25) is 0 Å². The topological polar surface area (TPSA) is 67.2 Å². The molecule has 0 aromatic heterocycles. The summed E-state index contributed by atoms with van der Waals surface area (Å²) in [6.45, 7) is 0. The average Bonchev–Trinajstić information content (AvgIpc) is 2.74. The average molecular weight is 263 g/mol. The summed E-state index contributed by atoms with van der Waals surface area (Å²) in [6.07, 6.45) is 3.41. The molecule has 2 atom stereocenters. The van der Waals surface area contributed by atoms with Gasteiger partial charge in [-0.15, -0.1) is 11.8 Å². The van der Waals surface area contributed by atoms with E-state index in [1.165, 1.54) is 6.42 Å². The fraction of sp³-hybridized carbons (Fsp3) is 0.462. The lowest BCUT2D eigenvalue weighted by Gasteiger charge is -2.21. The van der Waals surface area contributed by atoms with Crippen LogP contribution in [0.1, 0.15) is 19.3 Å². The lowest BCUT2D eigenvalue weighted by molar-refractivity contribution is -0.113. The van der Waals surface area contributed by atoms with Crippen molar-refractivity contribution in [3.05, 3.63) is 18.2 Å². The summed E-state index contributed by atoms with van der Waals surface area (Å²) < 4.78 is 0. The Bertz CT molecular complexity index is 477. The minimum Gasteiger partial charge on any atom is -0.381 e. The first-order valence-corrected chi connectivity index (χ1v) is 7.30. The fourth-order valence-electron chi connectivity index (χ4n) is 2.55. The number of amides is 1. The molecule has 1 aliphatic heterocycles. The Hall–Kier alpha value is -1.20. The van der Waals surface area contributed by atoms with Gasteiger partial charge >= 0.3 is 0 Å². The first-order valence-electron chi connectivity index (χ1n) is 6.31. The molecule has 0 saturated heterocycles. The van der Waals surface area contributed by atoms with Crippen LogP contribution < -0.4 is 16.4 Å². The van der Waals surface area contributed by atoms with Crippen LogP contribution in [0.25, 0.3) is 0 Å². The largest absolute Gasteiger partial charge is 0.381 e. The van der Waals surface area contributed by atoms with Crippen LogP contribution in [0, 0.1) is 0 Å². The van der Waals surface area contributed by atoms with Crippen LogP contribution in [0.5, 0.6) is 0 Å². The molecule has 1 aliphatic carbocycles. The highest BCUT2D eigenvalue weighted by Crippen LogP contribution is 2.34. The van der Waals surface area contributed by atoms with E-state index in [9.17, 15) is 4.79 Å². The molecule has 18 heavy (non-hydrogen) atoms. The molecule has 1 fully saturated rings. The van der Waals surface area contributed by atoms with Gasteiger partial charge in [0.1, 0.15) is 0 Å². The van der Waals surface area contributed by atoms with Gasteiger partial charge in [0.05, 0.1) is 11.4 Å². The second kappa shape index (κ2) is 4.82. The number of fused-ring (bicyclic) bond motifs is 1. The Morgan fingerprint density at radius 3 is 3.06 bits per heavy atom. The molecule has 0 bridgehead atoms. The maximum absolute atomic E-state index is 11.4. The molecule has 1 aromatic rings. The normalized spacial score (nSPS) is 26.6. The van der Waals surface area contributed by atoms with Gasteiger partial charge in [-0.05, 0) is 37.5 Å². The SMILES string of the molecule is NC1CCCC1Nc1ccc2c(c1)NC(=O)CS2. The van der Waals surface area contributed by atoms with Crippen molar-refractivity contribution in [2.75, 3.05) is 16.4 Å². The highest BCUT2D eigenvalue weighted by molar-refractivity contribution is 8.00. The Balaban J connectivity index is 1.77. The molecule has 0 radical (unpaired) electrons. The van der Waals surface area contributed by atoms with Crippen LogP contribution in [0.3, 0.4) is 0 Å². The lowest BCUT2D eigenvalue weighted by Crippen LogP contribution is -2.35. The van der Waals surface area contributed by atoms with Crippen molar-refractivity contribution in [1.29, 1.82) is 0 Å². The number of anilines is 2. The minimum absolute atomic E-state index is 0.0715. The van der Waals surface area contributed by atoms with Crippen LogP contribution in [-0.2, 0) is 4.79 Å². The molecule has 2 aliphatic rings. The fourth-order valence-corrected chi connectivity index (χ4v) is 3.34. The van der Waals surface area contributed by atoms with Crippen molar-refractivity contribution >= 4 is 29.0 Å². The first-order chi connectivity index (χ1) is 8.72. The van der Waals surface area contributed by atoms with Crippen molar-refractivity contribution < 1.29 is 4.79 Å². The smallest absolute Gasteiger partial charge is 0.234 e. The van der Waals surface area contributed by atoms with Crippen LogP contribution >= 0.6 is 11.8 Å². The van der Waals surface area contributed by atoms with Gasteiger partial charge in [0.2, 0.25) is 5.91 Å². The number of rotatable bonds is 2. The predicted molar refractivity (Wildman–Crippen MR) is 75.0 cm³/mol. The van der Waals surface area contributed by atoms with Crippen molar-refractivity contribution in [3.63, 3.8) is 0 Å². The number of hydrogen-bond donors (Lipinski definition) is 3. The van der Waals surface area contributed by atoms with Gasteiger partial charge in [-0.25, -0.2) is 0 Å². The summed E-state index contributed by atoms with van der Waals surface area (Å²) in [5.41, 5.74) is 8.00. The maximum Gasteiger partial charge on any atom is 0.234 e. The number of carbonyl (C=O) groups excluding carboxylic acids is 1. The number of hydrogen-bond acceptors (Lipinski definition) is 4. The van der Waals surface area contributed by atoms with E-state index in [0.717, 1.165) is 29.1 Å². The summed E-state index contributed by atoms with van der Waals surface area (Å²) >= 11 is 1.58. The zero-order valence-corrected chi connectivity index (χ0v) is 10.9. The van der Waals surface area contributed by atoms with Gasteiger partial charge in [-0.3, -0.25) is 4.79 Å². The highest BCUT2D eigenvalue weighted by Gasteiger charge is 2.24. The number of thioether (sulfide) groups is 1. The standard InChI is InChI=1S/C13H17N3OS/c14-9-2-1-3-10(9)15-8-4-5-12-11(6-8)16-13(17)7-18-12/h4-6,9-10,15H,1-3,7,14H2,(H,16,17). The van der Waals surface area contributed by atoms with E-state index in [2.05, 4.69) is 22.8 Å². The molecular weight excluding hydrogens is 246 g/mol. The lowest BCUT2D eigenvalue weighted by atomic mass is 10.1. The van der Waals surface area contributed by atoms with E-state index in [4.69, 9.17) is 5.73 Å². The van der Waals surface area contributed by atoms with Gasteiger partial charge < -0.3 is 16.4 Å². The van der Waals surface area contributed by atoms with Crippen molar-refractivity contribution in [2.45, 2.75) is 36.2 Å². The van der Waals surface area contributed by atoms with E-state index in [-0.39, 0.29) is 11.9 Å². The van der Waals surface area contributed by atoms with Gasteiger partial charge in [-0.2, -0.15) is 0 Å². The molecular formula is C13H17N3OS. The number of nitrogens with one attached hydrogen (secondary N) is 2. The molecule has 1 amide bonds. The monoisotopic (exact) mass is 263 g/mol. The van der Waals surface area contributed by atoms with E-state index < -0.39 is 0 Å². The Labute approximate surface area is 111 Å². The molecule has 4 N–H and O–H groups in total. The van der Waals surface area contributed by atoms with E-state index in [1.807, 2.05) is 6.07 Å². The van der Waals surface area contributed by atoms with Gasteiger partial charge in [-0.1, -0.05) is 0 Å². The van der Waals surface area contributed by atoms with Crippen LogP contribution in [-0.4, -0.2) is 23.7 Å². The van der Waals surface area contributed by atoms with Gasteiger partial charge in [0.25, 0.3) is 0 Å². The predicted octanol–water partition coefficient (Wildman–Crippen LogP) is 2.02. The zero-order chi connectivity index (χ0) is 12.5. The highest BCUT2D eigenvalue weighted by atomic mass is 32.2. The van der Waals surface area contributed by atoms with E-state index >= 15 is 0 Å². The molecule has 1 heterocycles. The minimum atomic E-state index is 0.0715.